The lowest BCUT2D eigenvalue weighted by molar-refractivity contribution is 0.0383. The van der Waals surface area contributed by atoms with Gasteiger partial charge < -0.3 is 10.1 Å². The molecule has 7 heteroatoms. The number of hydrogen-bond acceptors (Lipinski definition) is 3. The second kappa shape index (κ2) is 8.35. The van der Waals surface area contributed by atoms with Crippen molar-refractivity contribution in [1.82, 2.24) is 15.1 Å². The molecule has 0 radical (unpaired) electrons. The number of carbonyl (C=O) groups excluding carboxylic acids is 1. The zero-order valence-electron chi connectivity index (χ0n) is 15.1. The lowest BCUT2D eigenvalue weighted by Gasteiger charge is -2.22. The number of benzene rings is 2. The lowest BCUT2D eigenvalue weighted by atomic mass is 10.1. The number of amides is 1. The largest absolute Gasteiger partial charge is 0.370 e. The van der Waals surface area contributed by atoms with Crippen molar-refractivity contribution in [3.05, 3.63) is 87.2 Å². The van der Waals surface area contributed by atoms with Crippen LogP contribution in [0.3, 0.4) is 0 Å². The second-order valence-electron chi connectivity index (χ2n) is 6.67. The van der Waals surface area contributed by atoms with Gasteiger partial charge in [-0.15, -0.1) is 0 Å². The predicted molar refractivity (Wildman–Crippen MR) is 109 cm³/mol. The summed E-state index contributed by atoms with van der Waals surface area (Å²) in [6.45, 7) is 1.63. The third kappa shape index (κ3) is 4.22. The van der Waals surface area contributed by atoms with E-state index in [1.165, 1.54) is 5.56 Å². The minimum atomic E-state index is -0.282. The highest BCUT2D eigenvalue weighted by atomic mass is 35.5. The molecule has 1 amide bonds. The number of nitrogens with one attached hydrogen (secondary N) is 1. The molecule has 0 bridgehead atoms. The Bertz CT molecular complexity index is 989. The molecule has 2 aromatic carbocycles. The van der Waals surface area contributed by atoms with Gasteiger partial charge in [0.15, 0.2) is 0 Å². The average molecular weight is 416 g/mol. The molecule has 28 heavy (non-hydrogen) atoms. The molecular weight excluding hydrogens is 397 g/mol. The van der Waals surface area contributed by atoms with Crippen molar-refractivity contribution < 1.29 is 9.53 Å². The third-order valence-electron chi connectivity index (χ3n) is 4.68. The van der Waals surface area contributed by atoms with Crippen molar-refractivity contribution in [3.8, 4) is 0 Å². The van der Waals surface area contributed by atoms with E-state index < -0.39 is 0 Å². The van der Waals surface area contributed by atoms with Crippen LogP contribution >= 0.6 is 23.2 Å². The molecule has 4 rings (SSSR count). The number of halogens is 2. The molecule has 144 valence electrons. The molecule has 0 spiro atoms. The van der Waals surface area contributed by atoms with Crippen LogP contribution in [0.5, 0.6) is 0 Å². The standard InChI is InChI=1S/C21H19Cl2N3O2/c22-16-6-7-17(18(23)10-16)21(27)24-11-19-20-15(8-9-28-19)13-26(25-20)12-14-4-2-1-3-5-14/h1-7,10,13,19H,8-9,11-12H2,(H,24,27)/t19-/m0/s1. The second-order valence-corrected chi connectivity index (χ2v) is 7.51. The van der Waals surface area contributed by atoms with Crippen molar-refractivity contribution in [2.75, 3.05) is 13.2 Å². The van der Waals surface area contributed by atoms with Crippen LogP contribution in [0.25, 0.3) is 0 Å². The molecule has 0 saturated heterocycles. The Labute approximate surface area is 173 Å². The van der Waals surface area contributed by atoms with Crippen molar-refractivity contribution in [1.29, 1.82) is 0 Å². The maximum absolute atomic E-state index is 12.5. The van der Waals surface area contributed by atoms with Crippen LogP contribution in [0.15, 0.2) is 54.7 Å². The maximum Gasteiger partial charge on any atom is 0.252 e. The Kier molecular flexibility index (Phi) is 5.67. The molecule has 3 aromatic rings. The van der Waals surface area contributed by atoms with Crippen molar-refractivity contribution in [2.24, 2.45) is 0 Å². The van der Waals surface area contributed by atoms with Gasteiger partial charge in [-0.25, -0.2) is 0 Å². The highest BCUT2D eigenvalue weighted by Crippen LogP contribution is 2.26. The molecule has 1 atom stereocenters. The summed E-state index contributed by atoms with van der Waals surface area (Å²) in [5.74, 6) is -0.263. The van der Waals surface area contributed by atoms with E-state index >= 15 is 0 Å². The minimum absolute atomic E-state index is 0.263. The Morgan fingerprint density at radius 1 is 1.21 bits per heavy atom. The normalized spacial score (nSPS) is 15.9. The number of fused-ring (bicyclic) bond motifs is 1. The minimum Gasteiger partial charge on any atom is -0.370 e. The molecule has 1 aromatic heterocycles. The van der Waals surface area contributed by atoms with Crippen LogP contribution in [0.4, 0.5) is 0 Å². The van der Waals surface area contributed by atoms with Gasteiger partial charge in [0, 0.05) is 17.8 Å². The third-order valence-corrected chi connectivity index (χ3v) is 5.22. The van der Waals surface area contributed by atoms with Crippen molar-refractivity contribution >= 4 is 29.1 Å². The summed E-state index contributed by atoms with van der Waals surface area (Å²) in [5.41, 5.74) is 3.61. The Morgan fingerprint density at radius 3 is 2.82 bits per heavy atom. The van der Waals surface area contributed by atoms with Gasteiger partial charge in [0.05, 0.1) is 29.4 Å². The number of hydrogen-bond donors (Lipinski definition) is 1. The average Bonchev–Trinajstić information content (AvgIpc) is 3.10. The van der Waals surface area contributed by atoms with E-state index in [0.717, 1.165) is 17.7 Å². The van der Waals surface area contributed by atoms with Gasteiger partial charge in [-0.05, 0) is 35.7 Å². The monoisotopic (exact) mass is 415 g/mol. The summed E-state index contributed by atoms with van der Waals surface area (Å²) >= 11 is 12.0. The first-order chi connectivity index (χ1) is 13.6. The summed E-state index contributed by atoms with van der Waals surface area (Å²) in [6, 6.07) is 15.0. The lowest BCUT2D eigenvalue weighted by Crippen LogP contribution is -2.32. The van der Waals surface area contributed by atoms with E-state index in [9.17, 15) is 4.79 Å². The fraction of sp³-hybridized carbons (Fsp3) is 0.238. The zero-order chi connectivity index (χ0) is 19.5. The summed E-state index contributed by atoms with van der Waals surface area (Å²) in [6.07, 6.45) is 2.60. The molecule has 1 aliphatic heterocycles. The Balaban J connectivity index is 1.45. The van der Waals surface area contributed by atoms with Gasteiger partial charge in [-0.2, -0.15) is 5.10 Å². The van der Waals surface area contributed by atoms with Gasteiger partial charge in [0.25, 0.3) is 5.91 Å². The molecular formula is C21H19Cl2N3O2. The van der Waals surface area contributed by atoms with Crippen molar-refractivity contribution in [3.63, 3.8) is 0 Å². The van der Waals surface area contributed by atoms with E-state index in [-0.39, 0.29) is 12.0 Å². The van der Waals surface area contributed by atoms with E-state index in [0.29, 0.717) is 35.3 Å². The Hall–Kier alpha value is -2.34. The smallest absolute Gasteiger partial charge is 0.252 e. The first-order valence-corrected chi connectivity index (χ1v) is 9.81. The Morgan fingerprint density at radius 2 is 2.04 bits per heavy atom. The van der Waals surface area contributed by atoms with Crippen LogP contribution in [0.1, 0.15) is 33.3 Å². The van der Waals surface area contributed by atoms with Crippen LogP contribution in [0.2, 0.25) is 10.0 Å². The first kappa shape index (κ1) is 19.0. The molecule has 1 N–H and O–H groups in total. The fourth-order valence-electron chi connectivity index (χ4n) is 3.29. The fourth-order valence-corrected chi connectivity index (χ4v) is 3.79. The number of nitrogens with zero attached hydrogens (tertiary/aromatic N) is 2. The predicted octanol–water partition coefficient (Wildman–Crippen LogP) is 4.28. The van der Waals surface area contributed by atoms with Crippen molar-refractivity contribution in [2.45, 2.75) is 19.1 Å². The highest BCUT2D eigenvalue weighted by Gasteiger charge is 2.25. The van der Waals surface area contributed by atoms with Crippen LogP contribution in [0, 0.1) is 0 Å². The maximum atomic E-state index is 12.5. The van der Waals surface area contributed by atoms with Crippen LogP contribution in [-0.4, -0.2) is 28.8 Å². The summed E-state index contributed by atoms with van der Waals surface area (Å²) < 4.78 is 7.79. The van der Waals surface area contributed by atoms with Crippen LogP contribution in [-0.2, 0) is 17.7 Å². The molecule has 5 nitrogen and oxygen atoms in total. The SMILES string of the molecule is O=C(NC[C@@H]1OCCc2cn(Cc3ccccc3)nc21)c1ccc(Cl)cc1Cl. The number of rotatable bonds is 5. The zero-order valence-corrected chi connectivity index (χ0v) is 16.6. The number of aromatic nitrogens is 2. The number of ether oxygens (including phenoxy) is 1. The van der Waals surface area contributed by atoms with Gasteiger partial charge in [-0.1, -0.05) is 53.5 Å². The molecule has 2 heterocycles. The summed E-state index contributed by atoms with van der Waals surface area (Å²) in [4.78, 5) is 12.5. The molecule has 0 fully saturated rings. The van der Waals surface area contributed by atoms with E-state index in [1.807, 2.05) is 22.9 Å². The summed E-state index contributed by atoms with van der Waals surface area (Å²) in [7, 11) is 0. The van der Waals surface area contributed by atoms with E-state index in [2.05, 4.69) is 23.6 Å². The quantitative estimate of drug-likeness (QED) is 0.676. The first-order valence-electron chi connectivity index (χ1n) is 9.05. The summed E-state index contributed by atoms with van der Waals surface area (Å²) in [5, 5.41) is 8.41. The highest BCUT2D eigenvalue weighted by molar-refractivity contribution is 6.36. The van der Waals surface area contributed by atoms with Gasteiger partial charge >= 0.3 is 0 Å². The van der Waals surface area contributed by atoms with E-state index in [4.69, 9.17) is 33.0 Å². The van der Waals surface area contributed by atoms with Crippen LogP contribution < -0.4 is 5.32 Å². The molecule has 1 aliphatic rings. The topological polar surface area (TPSA) is 56.1 Å². The van der Waals surface area contributed by atoms with Gasteiger partial charge in [0.1, 0.15) is 6.10 Å². The van der Waals surface area contributed by atoms with Gasteiger partial charge in [0.2, 0.25) is 0 Å². The number of carbonyl (C=O) groups is 1. The molecule has 0 aliphatic carbocycles. The molecule has 0 unspecified atom stereocenters. The van der Waals surface area contributed by atoms with E-state index in [1.54, 1.807) is 18.2 Å². The molecule has 0 saturated carbocycles. The van der Waals surface area contributed by atoms with Gasteiger partial charge in [-0.3, -0.25) is 9.48 Å².